The molecule has 3 N–H and O–H groups in total. The molecule has 114 valence electrons. The maximum absolute atomic E-state index is 11.7. The smallest absolute Gasteiger partial charge is 0.361 e. The number of carbonyl (C=O) groups excluding carboxylic acids is 2. The Bertz CT molecular complexity index is 693. The Labute approximate surface area is 131 Å². The van der Waals surface area contributed by atoms with Gasteiger partial charge in [-0.3, -0.25) is 4.79 Å². The third kappa shape index (κ3) is 4.42. The van der Waals surface area contributed by atoms with Crippen LogP contribution >= 0.6 is 11.6 Å². The Hall–Kier alpha value is -2.67. The van der Waals surface area contributed by atoms with Crippen LogP contribution in [0, 0.1) is 0 Å². The van der Waals surface area contributed by atoms with Crippen molar-refractivity contribution < 1.29 is 14.3 Å². The summed E-state index contributed by atoms with van der Waals surface area (Å²) in [6, 6.07) is 7.06. The number of nitrogens with one attached hydrogen (secondary N) is 1. The van der Waals surface area contributed by atoms with Crippen LogP contribution < -0.4 is 11.1 Å². The average Bonchev–Trinajstić information content (AvgIpc) is 2.51. The topological polar surface area (TPSA) is 107 Å². The van der Waals surface area contributed by atoms with E-state index in [1.54, 1.807) is 18.2 Å². The molecule has 0 aliphatic carbocycles. The van der Waals surface area contributed by atoms with Crippen molar-refractivity contribution in [2.24, 2.45) is 0 Å². The average molecular weight is 321 g/mol. The quantitative estimate of drug-likeness (QED) is 0.801. The van der Waals surface area contributed by atoms with Crippen LogP contribution in [0.5, 0.6) is 0 Å². The highest BCUT2D eigenvalue weighted by Gasteiger charge is 2.15. The number of hydrogen-bond acceptors (Lipinski definition) is 6. The van der Waals surface area contributed by atoms with Crippen LogP contribution in [0.3, 0.4) is 0 Å². The van der Waals surface area contributed by atoms with Crippen LogP contribution in [-0.4, -0.2) is 28.5 Å². The van der Waals surface area contributed by atoms with E-state index in [1.807, 2.05) is 6.07 Å². The minimum atomic E-state index is -0.802. The molecular formula is C14H13ClN4O3. The molecule has 0 saturated carbocycles. The number of nitrogen functional groups attached to an aromatic ring is 1. The van der Waals surface area contributed by atoms with E-state index in [9.17, 15) is 9.59 Å². The van der Waals surface area contributed by atoms with E-state index in [4.69, 9.17) is 22.1 Å². The summed E-state index contributed by atoms with van der Waals surface area (Å²) in [5.41, 5.74) is 6.21. The highest BCUT2D eigenvalue weighted by molar-refractivity contribution is 6.30. The highest BCUT2D eigenvalue weighted by atomic mass is 35.5. The van der Waals surface area contributed by atoms with Crippen LogP contribution in [-0.2, 0) is 16.1 Å². The Morgan fingerprint density at radius 1 is 1.27 bits per heavy atom. The SMILES string of the molecule is Nc1nccnc1C(=O)OCC(=O)NCc1cccc(Cl)c1. The summed E-state index contributed by atoms with van der Waals surface area (Å²) in [4.78, 5) is 30.8. The zero-order chi connectivity index (χ0) is 15.9. The molecule has 2 aromatic rings. The lowest BCUT2D eigenvalue weighted by atomic mass is 10.2. The predicted octanol–water partition coefficient (Wildman–Crippen LogP) is 1.19. The van der Waals surface area contributed by atoms with Gasteiger partial charge in [0, 0.05) is 24.0 Å². The van der Waals surface area contributed by atoms with Gasteiger partial charge < -0.3 is 15.8 Å². The Morgan fingerprint density at radius 3 is 2.77 bits per heavy atom. The number of nitrogens with two attached hydrogens (primary N) is 1. The number of ether oxygens (including phenoxy) is 1. The normalized spacial score (nSPS) is 10.0. The first-order chi connectivity index (χ1) is 10.6. The summed E-state index contributed by atoms with van der Waals surface area (Å²) >= 11 is 5.84. The van der Waals surface area contributed by atoms with Crippen molar-refractivity contribution in [1.29, 1.82) is 0 Å². The zero-order valence-electron chi connectivity index (χ0n) is 11.5. The van der Waals surface area contributed by atoms with Crippen molar-refractivity contribution in [2.45, 2.75) is 6.54 Å². The summed E-state index contributed by atoms with van der Waals surface area (Å²) in [6.07, 6.45) is 2.66. The molecule has 2 rings (SSSR count). The van der Waals surface area contributed by atoms with Crippen molar-refractivity contribution >= 4 is 29.3 Å². The number of aromatic nitrogens is 2. The molecule has 8 heteroatoms. The molecule has 1 aromatic carbocycles. The van der Waals surface area contributed by atoms with Gasteiger partial charge in [0.05, 0.1) is 0 Å². The lowest BCUT2D eigenvalue weighted by Crippen LogP contribution is -2.28. The molecule has 0 saturated heterocycles. The Balaban J connectivity index is 1.81. The predicted molar refractivity (Wildman–Crippen MR) is 80.0 cm³/mol. The summed E-state index contributed by atoms with van der Waals surface area (Å²) in [5.74, 6) is -1.30. The van der Waals surface area contributed by atoms with Gasteiger partial charge >= 0.3 is 5.97 Å². The summed E-state index contributed by atoms with van der Waals surface area (Å²) in [7, 11) is 0. The van der Waals surface area contributed by atoms with Crippen LogP contribution in [0.4, 0.5) is 5.82 Å². The van der Waals surface area contributed by atoms with E-state index in [1.165, 1.54) is 12.4 Å². The minimum absolute atomic E-state index is 0.0492. The lowest BCUT2D eigenvalue weighted by Gasteiger charge is -2.07. The molecule has 0 bridgehead atoms. The summed E-state index contributed by atoms with van der Waals surface area (Å²) < 4.78 is 4.82. The molecule has 22 heavy (non-hydrogen) atoms. The molecule has 7 nitrogen and oxygen atoms in total. The van der Waals surface area contributed by atoms with Crippen molar-refractivity contribution in [3.8, 4) is 0 Å². The number of halogens is 1. The largest absolute Gasteiger partial charge is 0.451 e. The first kappa shape index (κ1) is 15.7. The second-order valence-corrected chi connectivity index (χ2v) is 4.71. The van der Waals surface area contributed by atoms with E-state index in [2.05, 4.69) is 15.3 Å². The van der Waals surface area contributed by atoms with Crippen LogP contribution in [0.15, 0.2) is 36.7 Å². The fraction of sp³-hybridized carbons (Fsp3) is 0.143. The van der Waals surface area contributed by atoms with Gasteiger partial charge in [-0.1, -0.05) is 23.7 Å². The van der Waals surface area contributed by atoms with Gasteiger partial charge in [-0.2, -0.15) is 0 Å². The number of esters is 1. The van der Waals surface area contributed by atoms with Crippen LogP contribution in [0.25, 0.3) is 0 Å². The van der Waals surface area contributed by atoms with E-state index < -0.39 is 18.5 Å². The number of benzene rings is 1. The standard InChI is InChI=1S/C14H13ClN4O3/c15-10-3-1-2-9(6-10)7-19-11(20)8-22-14(21)12-13(16)18-5-4-17-12/h1-6H,7-8H2,(H2,16,18)(H,19,20). The number of nitrogens with zero attached hydrogens (tertiary/aromatic N) is 2. The maximum Gasteiger partial charge on any atom is 0.361 e. The van der Waals surface area contributed by atoms with Crippen molar-refractivity contribution in [2.75, 3.05) is 12.3 Å². The molecular weight excluding hydrogens is 308 g/mol. The first-order valence-electron chi connectivity index (χ1n) is 6.31. The summed E-state index contributed by atoms with van der Waals surface area (Å²) in [5, 5.41) is 3.19. The second kappa shape index (κ2) is 7.37. The zero-order valence-corrected chi connectivity index (χ0v) is 12.2. The molecule has 1 heterocycles. The van der Waals surface area contributed by atoms with Crippen LogP contribution in [0.2, 0.25) is 5.02 Å². The number of hydrogen-bond donors (Lipinski definition) is 2. The van der Waals surface area contributed by atoms with Crippen molar-refractivity contribution in [1.82, 2.24) is 15.3 Å². The number of amides is 1. The first-order valence-corrected chi connectivity index (χ1v) is 6.69. The molecule has 0 atom stereocenters. The minimum Gasteiger partial charge on any atom is -0.451 e. The van der Waals surface area contributed by atoms with Gasteiger partial charge in [0.1, 0.15) is 0 Å². The fourth-order valence-corrected chi connectivity index (χ4v) is 1.82. The molecule has 0 fully saturated rings. The van der Waals surface area contributed by atoms with E-state index >= 15 is 0 Å². The monoisotopic (exact) mass is 320 g/mol. The second-order valence-electron chi connectivity index (χ2n) is 4.27. The van der Waals surface area contributed by atoms with Crippen LogP contribution in [0.1, 0.15) is 16.1 Å². The molecule has 0 spiro atoms. The third-order valence-electron chi connectivity index (χ3n) is 2.63. The Morgan fingerprint density at radius 2 is 2.05 bits per heavy atom. The lowest BCUT2D eigenvalue weighted by molar-refractivity contribution is -0.124. The van der Waals surface area contributed by atoms with E-state index in [0.29, 0.717) is 5.02 Å². The van der Waals surface area contributed by atoms with Crippen molar-refractivity contribution in [3.05, 3.63) is 52.9 Å². The summed E-state index contributed by atoms with van der Waals surface area (Å²) in [6.45, 7) is -0.153. The van der Waals surface area contributed by atoms with Gasteiger partial charge in [0.15, 0.2) is 18.1 Å². The third-order valence-corrected chi connectivity index (χ3v) is 2.87. The molecule has 0 aliphatic heterocycles. The number of rotatable bonds is 5. The highest BCUT2D eigenvalue weighted by Crippen LogP contribution is 2.10. The molecule has 0 unspecified atom stereocenters. The van der Waals surface area contributed by atoms with Crippen molar-refractivity contribution in [3.63, 3.8) is 0 Å². The number of carbonyl (C=O) groups is 2. The molecule has 1 aromatic heterocycles. The molecule has 0 aliphatic rings. The van der Waals surface area contributed by atoms with Gasteiger partial charge in [-0.15, -0.1) is 0 Å². The fourth-order valence-electron chi connectivity index (χ4n) is 1.60. The van der Waals surface area contributed by atoms with Gasteiger partial charge in [0.2, 0.25) is 0 Å². The maximum atomic E-state index is 11.7. The van der Waals surface area contributed by atoms with Gasteiger partial charge in [-0.25, -0.2) is 14.8 Å². The molecule has 1 amide bonds. The Kier molecular flexibility index (Phi) is 5.26. The van der Waals surface area contributed by atoms with E-state index in [0.717, 1.165) is 5.56 Å². The van der Waals surface area contributed by atoms with E-state index in [-0.39, 0.29) is 18.1 Å². The van der Waals surface area contributed by atoms with Gasteiger partial charge in [0.25, 0.3) is 5.91 Å². The number of anilines is 1. The molecule has 0 radical (unpaired) electrons. The van der Waals surface area contributed by atoms with Gasteiger partial charge in [-0.05, 0) is 17.7 Å².